The Kier molecular flexibility index (Phi) is 4.82. The highest BCUT2D eigenvalue weighted by molar-refractivity contribution is 7.13. The van der Waals surface area contributed by atoms with Crippen molar-refractivity contribution in [3.8, 4) is 0 Å². The molecule has 1 N–H and O–H groups in total. The summed E-state index contributed by atoms with van der Waals surface area (Å²) < 4.78 is 0. The van der Waals surface area contributed by atoms with Crippen LogP contribution in [0.25, 0.3) is 0 Å². The third-order valence-electron chi connectivity index (χ3n) is 5.07. The lowest BCUT2D eigenvalue weighted by atomic mass is 10.1. The van der Waals surface area contributed by atoms with E-state index >= 15 is 0 Å². The van der Waals surface area contributed by atoms with Crippen LogP contribution < -0.4 is 10.2 Å². The molecule has 1 aromatic heterocycles. The average molecular weight is 308 g/mol. The summed E-state index contributed by atoms with van der Waals surface area (Å²) in [6.45, 7) is 7.79. The predicted molar refractivity (Wildman–Crippen MR) is 90.2 cm³/mol. The Morgan fingerprint density at radius 3 is 3.00 bits per heavy atom. The highest BCUT2D eigenvalue weighted by Crippen LogP contribution is 2.32. The Bertz CT molecular complexity index is 461. The van der Waals surface area contributed by atoms with Gasteiger partial charge in [0.15, 0.2) is 5.13 Å². The van der Waals surface area contributed by atoms with E-state index in [1.54, 1.807) is 0 Å². The number of nitrogens with one attached hydrogen (secondary N) is 1. The molecule has 0 saturated carbocycles. The van der Waals surface area contributed by atoms with Gasteiger partial charge in [-0.2, -0.15) is 0 Å². The van der Waals surface area contributed by atoms with Gasteiger partial charge < -0.3 is 10.2 Å². The Morgan fingerprint density at radius 1 is 1.38 bits per heavy atom. The second kappa shape index (κ2) is 6.63. The average Bonchev–Trinajstić information content (AvgIpc) is 3.03. The topological polar surface area (TPSA) is 31.4 Å². The van der Waals surface area contributed by atoms with E-state index < -0.39 is 0 Å². The number of rotatable bonds is 5. The summed E-state index contributed by atoms with van der Waals surface area (Å²) in [5.41, 5.74) is 1.20. The minimum Gasteiger partial charge on any atom is -0.346 e. The van der Waals surface area contributed by atoms with Crippen molar-refractivity contribution in [1.82, 2.24) is 15.2 Å². The van der Waals surface area contributed by atoms with Crippen molar-refractivity contribution < 1.29 is 0 Å². The van der Waals surface area contributed by atoms with Gasteiger partial charge in [0.05, 0.1) is 5.69 Å². The molecule has 5 heteroatoms. The van der Waals surface area contributed by atoms with E-state index in [4.69, 9.17) is 4.98 Å². The number of likely N-dealkylation sites (N-methyl/N-ethyl adjacent to an activating group) is 1. The smallest absolute Gasteiger partial charge is 0.185 e. The number of thiazole rings is 1. The molecule has 0 amide bonds. The summed E-state index contributed by atoms with van der Waals surface area (Å²) in [4.78, 5) is 10.0. The van der Waals surface area contributed by atoms with Gasteiger partial charge in [0, 0.05) is 36.6 Å². The van der Waals surface area contributed by atoms with Gasteiger partial charge >= 0.3 is 0 Å². The third-order valence-corrected chi connectivity index (χ3v) is 5.99. The van der Waals surface area contributed by atoms with Crippen LogP contribution in [0.1, 0.15) is 51.3 Å². The molecular formula is C16H28N4S. The van der Waals surface area contributed by atoms with E-state index in [1.165, 1.54) is 36.5 Å². The second-order valence-electron chi connectivity index (χ2n) is 6.52. The molecule has 2 fully saturated rings. The zero-order valence-electron chi connectivity index (χ0n) is 13.5. The van der Waals surface area contributed by atoms with Crippen LogP contribution in [-0.4, -0.2) is 48.6 Å². The fraction of sp³-hybridized carbons (Fsp3) is 0.812. The minimum absolute atomic E-state index is 0.362. The van der Waals surface area contributed by atoms with E-state index in [-0.39, 0.29) is 0 Å². The van der Waals surface area contributed by atoms with Gasteiger partial charge in [0.1, 0.15) is 0 Å². The Labute approximate surface area is 132 Å². The number of fused-ring (bicyclic) bond motifs is 2. The molecule has 3 unspecified atom stereocenters. The lowest BCUT2D eigenvalue weighted by Crippen LogP contribution is -2.36. The number of hydrogen-bond donors (Lipinski definition) is 1. The highest BCUT2D eigenvalue weighted by Gasteiger charge is 2.35. The van der Waals surface area contributed by atoms with Gasteiger partial charge in [0.2, 0.25) is 0 Å². The van der Waals surface area contributed by atoms with Crippen LogP contribution in [0.5, 0.6) is 0 Å². The van der Waals surface area contributed by atoms with Crippen LogP contribution in [0.3, 0.4) is 0 Å². The molecule has 0 spiro atoms. The Morgan fingerprint density at radius 2 is 2.19 bits per heavy atom. The summed E-state index contributed by atoms with van der Waals surface area (Å²) in [6.07, 6.45) is 5.19. The molecule has 3 rings (SSSR count). The van der Waals surface area contributed by atoms with Crippen LogP contribution in [0.2, 0.25) is 0 Å². The maximum atomic E-state index is 4.90. The van der Waals surface area contributed by atoms with Crippen molar-refractivity contribution >= 4 is 16.5 Å². The molecule has 2 aliphatic rings. The number of aromatic nitrogens is 1. The number of anilines is 1. The Hall–Kier alpha value is -0.650. The first-order valence-corrected chi connectivity index (χ1v) is 9.22. The molecule has 2 bridgehead atoms. The summed E-state index contributed by atoms with van der Waals surface area (Å²) in [7, 11) is 2.30. The highest BCUT2D eigenvalue weighted by atomic mass is 32.1. The van der Waals surface area contributed by atoms with Crippen molar-refractivity contribution in [3.63, 3.8) is 0 Å². The zero-order valence-corrected chi connectivity index (χ0v) is 14.3. The fourth-order valence-corrected chi connectivity index (χ4v) is 4.52. The standard InChI is InChI=1S/C16H28N4S/c1-4-8-17-12(2)15-11-21-16(18-15)20-9-7-13-5-6-14(10-20)19(13)3/h11-14,17H,4-10H2,1-3H3. The summed E-state index contributed by atoms with van der Waals surface area (Å²) in [6, 6.07) is 1.88. The first-order valence-electron chi connectivity index (χ1n) is 8.34. The monoisotopic (exact) mass is 308 g/mol. The minimum atomic E-state index is 0.362. The van der Waals surface area contributed by atoms with Crippen molar-refractivity contribution in [3.05, 3.63) is 11.1 Å². The molecule has 118 valence electrons. The first kappa shape index (κ1) is 15.3. The fourth-order valence-electron chi connectivity index (χ4n) is 3.57. The van der Waals surface area contributed by atoms with E-state index in [9.17, 15) is 0 Å². The Balaban J connectivity index is 1.66. The molecule has 2 aliphatic heterocycles. The van der Waals surface area contributed by atoms with Crippen LogP contribution in [0.15, 0.2) is 5.38 Å². The quantitative estimate of drug-likeness (QED) is 0.906. The molecule has 0 radical (unpaired) electrons. The number of hydrogen-bond acceptors (Lipinski definition) is 5. The van der Waals surface area contributed by atoms with Crippen LogP contribution in [0, 0.1) is 0 Å². The zero-order chi connectivity index (χ0) is 14.8. The molecule has 2 saturated heterocycles. The summed E-state index contributed by atoms with van der Waals surface area (Å²) >= 11 is 1.81. The SMILES string of the molecule is CCCNC(C)c1csc(N2CCC3CCC(C2)N3C)n1. The largest absolute Gasteiger partial charge is 0.346 e. The van der Waals surface area contributed by atoms with Gasteiger partial charge in [0.25, 0.3) is 0 Å². The van der Waals surface area contributed by atoms with Crippen LogP contribution in [-0.2, 0) is 0 Å². The first-order chi connectivity index (χ1) is 10.2. The van der Waals surface area contributed by atoms with Gasteiger partial charge in [-0.1, -0.05) is 6.92 Å². The van der Waals surface area contributed by atoms with Gasteiger partial charge in [-0.3, -0.25) is 4.90 Å². The molecule has 0 aliphatic carbocycles. The van der Waals surface area contributed by atoms with Crippen LogP contribution in [0.4, 0.5) is 5.13 Å². The van der Waals surface area contributed by atoms with Crippen molar-refractivity contribution in [2.75, 3.05) is 31.6 Å². The van der Waals surface area contributed by atoms with Crippen LogP contribution >= 0.6 is 11.3 Å². The molecule has 0 aromatic carbocycles. The van der Waals surface area contributed by atoms with Crippen molar-refractivity contribution in [1.29, 1.82) is 0 Å². The van der Waals surface area contributed by atoms with E-state index in [0.29, 0.717) is 6.04 Å². The molecular weight excluding hydrogens is 280 g/mol. The molecule has 4 nitrogen and oxygen atoms in total. The van der Waals surface area contributed by atoms with Crippen molar-refractivity contribution in [2.24, 2.45) is 0 Å². The van der Waals surface area contributed by atoms with E-state index in [1.807, 2.05) is 11.3 Å². The lowest BCUT2D eigenvalue weighted by molar-refractivity contribution is 0.254. The molecule has 3 heterocycles. The maximum Gasteiger partial charge on any atom is 0.185 e. The maximum absolute atomic E-state index is 4.90. The number of nitrogens with zero attached hydrogens (tertiary/aromatic N) is 3. The molecule has 3 atom stereocenters. The van der Waals surface area contributed by atoms with E-state index in [2.05, 4.69) is 41.4 Å². The van der Waals surface area contributed by atoms with Crippen molar-refractivity contribution in [2.45, 2.75) is 57.7 Å². The third kappa shape index (κ3) is 3.25. The molecule has 1 aromatic rings. The van der Waals surface area contributed by atoms with Gasteiger partial charge in [-0.25, -0.2) is 4.98 Å². The summed E-state index contributed by atoms with van der Waals surface area (Å²) in [5.74, 6) is 0. The lowest BCUT2D eigenvalue weighted by Gasteiger charge is -2.25. The second-order valence-corrected chi connectivity index (χ2v) is 7.35. The molecule has 21 heavy (non-hydrogen) atoms. The summed E-state index contributed by atoms with van der Waals surface area (Å²) in [5, 5.41) is 6.98. The predicted octanol–water partition coefficient (Wildman–Crippen LogP) is 2.88. The van der Waals surface area contributed by atoms with E-state index in [0.717, 1.165) is 31.7 Å². The van der Waals surface area contributed by atoms with Gasteiger partial charge in [-0.05, 0) is 46.2 Å². The normalized spacial score (nSPS) is 27.9. The van der Waals surface area contributed by atoms with Gasteiger partial charge in [-0.15, -0.1) is 11.3 Å².